The monoisotopic (exact) mass is 271 g/mol. The Hall–Kier alpha value is -0.460. The fraction of sp³-hybridized carbons (Fsp3) is 0.444. The van der Waals surface area contributed by atoms with E-state index >= 15 is 0 Å². The number of thioether (sulfide) groups is 1. The van der Waals surface area contributed by atoms with Gasteiger partial charge >= 0.3 is 6.18 Å². The molecular formula is C9H9ClF3NOS. The number of aromatic nitrogens is 1. The van der Waals surface area contributed by atoms with Crippen molar-refractivity contribution in [1.29, 1.82) is 0 Å². The van der Waals surface area contributed by atoms with Crippen LogP contribution >= 0.6 is 23.4 Å². The van der Waals surface area contributed by atoms with Crippen LogP contribution in [-0.2, 0) is 10.9 Å². The van der Waals surface area contributed by atoms with Crippen molar-refractivity contribution in [3.05, 3.63) is 22.8 Å². The Bertz CT molecular complexity index is 359. The van der Waals surface area contributed by atoms with Crippen molar-refractivity contribution in [2.24, 2.45) is 0 Å². The molecule has 0 radical (unpaired) electrons. The van der Waals surface area contributed by atoms with Crippen molar-refractivity contribution in [2.45, 2.75) is 11.2 Å². The largest absolute Gasteiger partial charge is 0.416 e. The first-order valence-corrected chi connectivity index (χ1v) is 5.66. The van der Waals surface area contributed by atoms with E-state index in [1.54, 1.807) is 0 Å². The minimum Gasteiger partial charge on any atom is -0.384 e. The molecule has 0 aliphatic heterocycles. The lowest BCUT2D eigenvalue weighted by Crippen LogP contribution is -2.06. The third kappa shape index (κ3) is 4.19. The maximum atomic E-state index is 12.4. The quantitative estimate of drug-likeness (QED) is 0.475. The molecule has 16 heavy (non-hydrogen) atoms. The maximum Gasteiger partial charge on any atom is 0.416 e. The van der Waals surface area contributed by atoms with Gasteiger partial charge in [0.05, 0.1) is 17.2 Å². The lowest BCUT2D eigenvalue weighted by molar-refractivity contribution is -0.137. The van der Waals surface area contributed by atoms with E-state index in [-0.39, 0.29) is 10.2 Å². The van der Waals surface area contributed by atoms with Crippen LogP contribution < -0.4 is 0 Å². The molecule has 0 fully saturated rings. The number of rotatable bonds is 4. The highest BCUT2D eigenvalue weighted by Crippen LogP contribution is 2.32. The van der Waals surface area contributed by atoms with Gasteiger partial charge in [-0.1, -0.05) is 11.6 Å². The molecule has 0 spiro atoms. The van der Waals surface area contributed by atoms with Crippen LogP contribution in [-0.4, -0.2) is 24.5 Å². The van der Waals surface area contributed by atoms with Crippen LogP contribution in [0.2, 0.25) is 5.15 Å². The fourth-order valence-corrected chi connectivity index (χ4v) is 2.03. The topological polar surface area (TPSA) is 22.1 Å². The number of halogens is 4. The first-order valence-electron chi connectivity index (χ1n) is 4.30. The van der Waals surface area contributed by atoms with Gasteiger partial charge in [0.15, 0.2) is 0 Å². The molecule has 7 heteroatoms. The second kappa shape index (κ2) is 5.75. The molecule has 0 bridgehead atoms. The summed E-state index contributed by atoms with van der Waals surface area (Å²) < 4.78 is 42.0. The fourth-order valence-electron chi connectivity index (χ4n) is 0.940. The Morgan fingerprint density at radius 1 is 1.44 bits per heavy atom. The summed E-state index contributed by atoms with van der Waals surface area (Å²) >= 11 is 6.68. The van der Waals surface area contributed by atoms with Gasteiger partial charge < -0.3 is 4.74 Å². The maximum absolute atomic E-state index is 12.4. The number of ether oxygens (including phenoxy) is 1. The van der Waals surface area contributed by atoms with Gasteiger partial charge in [-0.05, 0) is 12.1 Å². The Morgan fingerprint density at radius 2 is 2.12 bits per heavy atom. The number of hydrogen-bond acceptors (Lipinski definition) is 3. The number of hydrogen-bond donors (Lipinski definition) is 0. The summed E-state index contributed by atoms with van der Waals surface area (Å²) in [6.45, 7) is 0.445. The molecule has 0 saturated carbocycles. The molecule has 1 rings (SSSR count). The summed E-state index contributed by atoms with van der Waals surface area (Å²) in [5, 5.41) is 0.0895. The summed E-state index contributed by atoms with van der Waals surface area (Å²) in [7, 11) is 1.52. The van der Waals surface area contributed by atoms with Gasteiger partial charge in [-0.2, -0.15) is 13.2 Å². The molecule has 0 amide bonds. The summed E-state index contributed by atoms with van der Waals surface area (Å²) in [5.41, 5.74) is -0.785. The van der Waals surface area contributed by atoms with E-state index in [1.165, 1.54) is 18.9 Å². The number of pyridine rings is 1. The minimum absolute atomic E-state index is 0.158. The van der Waals surface area contributed by atoms with Crippen molar-refractivity contribution in [3.8, 4) is 0 Å². The molecule has 1 aromatic heterocycles. The molecule has 0 aromatic carbocycles. The molecule has 0 aliphatic rings. The van der Waals surface area contributed by atoms with Crippen LogP contribution in [0.25, 0.3) is 0 Å². The summed E-state index contributed by atoms with van der Waals surface area (Å²) in [6, 6.07) is 1.79. The average molecular weight is 272 g/mol. The highest BCUT2D eigenvalue weighted by Gasteiger charge is 2.31. The molecule has 0 saturated heterocycles. The van der Waals surface area contributed by atoms with Crippen LogP contribution in [0.5, 0.6) is 0 Å². The summed E-state index contributed by atoms with van der Waals surface area (Å²) in [4.78, 5) is 3.79. The molecule has 0 N–H and O–H groups in total. The Labute approximate surface area is 100 Å². The van der Waals surface area contributed by atoms with Crippen molar-refractivity contribution >= 4 is 23.4 Å². The third-order valence-electron chi connectivity index (χ3n) is 1.64. The van der Waals surface area contributed by atoms with Crippen LogP contribution in [0.1, 0.15) is 5.56 Å². The normalized spacial score (nSPS) is 11.8. The van der Waals surface area contributed by atoms with E-state index in [4.69, 9.17) is 16.3 Å². The van der Waals surface area contributed by atoms with Crippen molar-refractivity contribution < 1.29 is 17.9 Å². The van der Waals surface area contributed by atoms with E-state index in [0.717, 1.165) is 12.1 Å². The highest BCUT2D eigenvalue weighted by molar-refractivity contribution is 7.99. The third-order valence-corrected chi connectivity index (χ3v) is 2.70. The van der Waals surface area contributed by atoms with Gasteiger partial charge in [0, 0.05) is 12.9 Å². The first-order chi connectivity index (χ1) is 7.43. The Balaban J connectivity index is 2.82. The lowest BCUT2D eigenvalue weighted by Gasteiger charge is -2.08. The van der Waals surface area contributed by atoms with Gasteiger partial charge in [0.1, 0.15) is 5.15 Å². The summed E-state index contributed by atoms with van der Waals surface area (Å²) in [6.07, 6.45) is -4.40. The number of methoxy groups -OCH3 is 1. The number of nitrogens with zero attached hydrogens (tertiary/aromatic N) is 1. The van der Waals surface area contributed by atoms with Crippen LogP contribution in [0, 0.1) is 0 Å². The van der Waals surface area contributed by atoms with Gasteiger partial charge in [0.25, 0.3) is 0 Å². The van der Waals surface area contributed by atoms with E-state index in [0.29, 0.717) is 12.4 Å². The molecule has 0 aliphatic carbocycles. The zero-order valence-corrected chi connectivity index (χ0v) is 9.92. The first kappa shape index (κ1) is 13.6. The zero-order valence-electron chi connectivity index (χ0n) is 8.34. The lowest BCUT2D eigenvalue weighted by atomic mass is 10.3. The van der Waals surface area contributed by atoms with E-state index in [9.17, 15) is 13.2 Å². The predicted octanol–water partition coefficient (Wildman–Crippen LogP) is 3.49. The van der Waals surface area contributed by atoms with Crippen LogP contribution in [0.4, 0.5) is 13.2 Å². The van der Waals surface area contributed by atoms with Crippen molar-refractivity contribution in [3.63, 3.8) is 0 Å². The molecule has 2 nitrogen and oxygen atoms in total. The van der Waals surface area contributed by atoms with E-state index in [1.807, 2.05) is 0 Å². The van der Waals surface area contributed by atoms with Crippen molar-refractivity contribution in [2.75, 3.05) is 19.5 Å². The second-order valence-corrected chi connectivity index (χ2v) is 4.36. The molecule has 0 unspecified atom stereocenters. The molecule has 90 valence electrons. The molecular weight excluding hydrogens is 263 g/mol. The van der Waals surface area contributed by atoms with Gasteiger partial charge in [-0.15, -0.1) is 11.8 Å². The van der Waals surface area contributed by atoms with E-state index < -0.39 is 11.7 Å². The highest BCUT2D eigenvalue weighted by atomic mass is 35.5. The smallest absolute Gasteiger partial charge is 0.384 e. The summed E-state index contributed by atoms with van der Waals surface area (Å²) in [5.74, 6) is 0.529. The van der Waals surface area contributed by atoms with E-state index in [2.05, 4.69) is 4.98 Å². The SMILES string of the molecule is COCCSc1cc(C(F)(F)F)cc(Cl)n1. The van der Waals surface area contributed by atoms with Gasteiger partial charge in [0.2, 0.25) is 0 Å². The molecule has 0 atom stereocenters. The second-order valence-electron chi connectivity index (χ2n) is 2.86. The average Bonchev–Trinajstić information content (AvgIpc) is 2.16. The Kier molecular flexibility index (Phi) is 4.89. The van der Waals surface area contributed by atoms with Crippen LogP contribution in [0.3, 0.4) is 0 Å². The minimum atomic E-state index is -4.40. The standard InChI is InChI=1S/C9H9ClF3NOS/c1-15-2-3-16-8-5-6(9(11,12)13)4-7(10)14-8/h4-5H,2-3H2,1H3. The van der Waals surface area contributed by atoms with Crippen molar-refractivity contribution in [1.82, 2.24) is 4.98 Å². The molecule has 1 heterocycles. The van der Waals surface area contributed by atoms with Crippen LogP contribution in [0.15, 0.2) is 17.2 Å². The Morgan fingerprint density at radius 3 is 2.69 bits per heavy atom. The predicted molar refractivity (Wildman–Crippen MR) is 56.8 cm³/mol. The van der Waals surface area contributed by atoms with Gasteiger partial charge in [-0.25, -0.2) is 4.98 Å². The van der Waals surface area contributed by atoms with Gasteiger partial charge in [-0.3, -0.25) is 0 Å². The zero-order chi connectivity index (χ0) is 12.2. The number of alkyl halides is 3. The molecule has 1 aromatic rings.